The van der Waals surface area contributed by atoms with Gasteiger partial charge in [-0.25, -0.2) is 0 Å². The summed E-state index contributed by atoms with van der Waals surface area (Å²) in [5, 5.41) is 23.3. The van der Waals surface area contributed by atoms with Gasteiger partial charge in [-0.3, -0.25) is 9.59 Å². The maximum atomic E-state index is 12.3. The van der Waals surface area contributed by atoms with Gasteiger partial charge in [0.2, 0.25) is 11.8 Å². The molecule has 0 aromatic carbocycles. The Morgan fingerprint density at radius 1 is 0.588 bits per heavy atom. The van der Waals surface area contributed by atoms with E-state index in [2.05, 4.69) is 31.0 Å². The van der Waals surface area contributed by atoms with Gasteiger partial charge in [-0.05, 0) is 69.2 Å². The van der Waals surface area contributed by atoms with Crippen molar-refractivity contribution >= 4 is 23.5 Å². The minimum Gasteiger partial charge on any atom is -0.309 e. The van der Waals surface area contributed by atoms with Crippen LogP contribution >= 0.6 is 0 Å². The number of aromatic nitrogens is 4. The molecule has 2 atom stereocenters. The molecule has 3 aliphatic rings. The van der Waals surface area contributed by atoms with Crippen molar-refractivity contribution in [1.29, 1.82) is 0 Å². The Hall–Kier alpha value is -2.90. The zero-order valence-corrected chi connectivity index (χ0v) is 19.7. The third-order valence-electron chi connectivity index (χ3n) is 7.84. The van der Waals surface area contributed by atoms with Crippen LogP contribution in [0.3, 0.4) is 0 Å². The van der Waals surface area contributed by atoms with Crippen molar-refractivity contribution in [2.75, 3.05) is 10.6 Å². The number of hydrogen-bond donors (Lipinski definition) is 2. The molecule has 2 amide bonds. The summed E-state index contributed by atoms with van der Waals surface area (Å²) in [6.45, 7) is 0. The predicted molar refractivity (Wildman–Crippen MR) is 129 cm³/mol. The van der Waals surface area contributed by atoms with Crippen LogP contribution in [0.4, 0.5) is 11.6 Å². The Kier molecular flexibility index (Phi) is 7.11. The highest BCUT2D eigenvalue weighted by molar-refractivity contribution is 5.92. The lowest BCUT2D eigenvalue weighted by atomic mass is 9.78. The molecule has 8 heteroatoms. The van der Waals surface area contributed by atoms with Crippen LogP contribution in [0.2, 0.25) is 0 Å². The Bertz CT molecular complexity index is 902. The van der Waals surface area contributed by atoms with Crippen LogP contribution in [0.5, 0.6) is 0 Å². The molecule has 0 saturated heterocycles. The SMILES string of the molecule is O=C(Nc1ccc([C@H]2CCC[C@H](c3ccc(NC(=O)C4CCCC4)nn3)C2)nn1)C1CCCC1. The van der Waals surface area contributed by atoms with Crippen LogP contribution in [0.25, 0.3) is 0 Å². The molecule has 0 radical (unpaired) electrons. The van der Waals surface area contributed by atoms with Gasteiger partial charge in [-0.2, -0.15) is 10.2 Å². The number of nitrogens with zero attached hydrogens (tertiary/aromatic N) is 4. The normalized spacial score (nSPS) is 23.6. The molecular formula is C26H34N6O2. The average molecular weight is 463 g/mol. The van der Waals surface area contributed by atoms with Gasteiger partial charge in [0.25, 0.3) is 0 Å². The molecule has 3 saturated carbocycles. The number of anilines is 2. The monoisotopic (exact) mass is 462 g/mol. The predicted octanol–water partition coefficient (Wildman–Crippen LogP) is 4.97. The van der Waals surface area contributed by atoms with Crippen LogP contribution in [0.1, 0.15) is 100 Å². The molecule has 5 rings (SSSR count). The minimum atomic E-state index is 0.0683. The van der Waals surface area contributed by atoms with Crippen molar-refractivity contribution in [3.05, 3.63) is 35.7 Å². The Morgan fingerprint density at radius 2 is 1.03 bits per heavy atom. The number of carbonyl (C=O) groups excluding carboxylic acids is 2. The molecule has 2 heterocycles. The second-order valence-corrected chi connectivity index (χ2v) is 10.2. The quantitative estimate of drug-likeness (QED) is 0.627. The summed E-state index contributed by atoms with van der Waals surface area (Å²) < 4.78 is 0. The Balaban J connectivity index is 1.16. The molecule has 8 nitrogen and oxygen atoms in total. The number of nitrogens with one attached hydrogen (secondary N) is 2. The second kappa shape index (κ2) is 10.6. The van der Waals surface area contributed by atoms with E-state index in [1.807, 2.05) is 24.3 Å². The van der Waals surface area contributed by atoms with E-state index in [0.717, 1.165) is 88.4 Å². The molecule has 34 heavy (non-hydrogen) atoms. The molecule has 2 aromatic heterocycles. The van der Waals surface area contributed by atoms with Crippen molar-refractivity contribution in [1.82, 2.24) is 20.4 Å². The van der Waals surface area contributed by atoms with Gasteiger partial charge in [0.1, 0.15) is 0 Å². The number of rotatable bonds is 6. The van der Waals surface area contributed by atoms with E-state index in [-0.39, 0.29) is 23.7 Å². The minimum absolute atomic E-state index is 0.0683. The summed E-state index contributed by atoms with van der Waals surface area (Å²) in [6.07, 6.45) is 12.6. The first-order valence-corrected chi connectivity index (χ1v) is 12.9. The van der Waals surface area contributed by atoms with E-state index in [1.165, 1.54) is 0 Å². The van der Waals surface area contributed by atoms with E-state index < -0.39 is 0 Å². The van der Waals surface area contributed by atoms with Crippen molar-refractivity contribution in [3.8, 4) is 0 Å². The van der Waals surface area contributed by atoms with Gasteiger partial charge in [0.15, 0.2) is 11.6 Å². The second-order valence-electron chi connectivity index (χ2n) is 10.2. The fourth-order valence-electron chi connectivity index (χ4n) is 5.81. The summed E-state index contributed by atoms with van der Waals surface area (Å²) in [6, 6.07) is 7.75. The van der Waals surface area contributed by atoms with E-state index in [9.17, 15) is 9.59 Å². The highest BCUT2D eigenvalue weighted by Crippen LogP contribution is 2.40. The van der Waals surface area contributed by atoms with Crippen LogP contribution in [0.15, 0.2) is 24.3 Å². The lowest BCUT2D eigenvalue weighted by molar-refractivity contribution is -0.120. The molecule has 0 unspecified atom stereocenters. The smallest absolute Gasteiger partial charge is 0.228 e. The van der Waals surface area contributed by atoms with Crippen LogP contribution in [-0.4, -0.2) is 32.2 Å². The first-order chi connectivity index (χ1) is 16.7. The summed E-state index contributed by atoms with van der Waals surface area (Å²) in [4.78, 5) is 24.7. The Morgan fingerprint density at radius 3 is 1.41 bits per heavy atom. The topological polar surface area (TPSA) is 110 Å². The standard InChI is InChI=1S/C26H34N6O2/c33-25(17-6-1-2-7-17)27-23-14-12-21(29-31-23)19-10-5-11-20(16-19)22-13-15-24(32-30-22)28-26(34)18-8-3-4-9-18/h12-15,17-20H,1-11,16H2,(H,27,31,33)(H,28,32,34)/t19-,20-/m0/s1. The molecule has 3 aliphatic carbocycles. The molecule has 180 valence electrons. The summed E-state index contributed by atoms with van der Waals surface area (Å²) in [7, 11) is 0. The van der Waals surface area contributed by atoms with E-state index in [1.54, 1.807) is 0 Å². The summed E-state index contributed by atoms with van der Waals surface area (Å²) in [5.41, 5.74) is 1.94. The first kappa shape index (κ1) is 22.9. The van der Waals surface area contributed by atoms with Gasteiger partial charge >= 0.3 is 0 Å². The van der Waals surface area contributed by atoms with Crippen molar-refractivity contribution in [2.24, 2.45) is 11.8 Å². The van der Waals surface area contributed by atoms with Gasteiger partial charge in [0, 0.05) is 23.7 Å². The zero-order chi connectivity index (χ0) is 23.3. The van der Waals surface area contributed by atoms with Crippen LogP contribution < -0.4 is 10.6 Å². The molecule has 2 aromatic rings. The maximum absolute atomic E-state index is 12.3. The lowest BCUT2D eigenvalue weighted by Gasteiger charge is -2.28. The largest absolute Gasteiger partial charge is 0.309 e. The molecule has 0 aliphatic heterocycles. The zero-order valence-electron chi connectivity index (χ0n) is 19.7. The number of amides is 2. The van der Waals surface area contributed by atoms with Crippen molar-refractivity contribution < 1.29 is 9.59 Å². The molecule has 0 bridgehead atoms. The third-order valence-corrected chi connectivity index (χ3v) is 7.84. The number of carbonyl (C=O) groups is 2. The molecule has 3 fully saturated rings. The van der Waals surface area contributed by atoms with Crippen molar-refractivity contribution in [2.45, 2.75) is 88.9 Å². The highest BCUT2D eigenvalue weighted by Gasteiger charge is 2.28. The summed E-state index contributed by atoms with van der Waals surface area (Å²) in [5.74, 6) is 2.07. The van der Waals surface area contributed by atoms with Gasteiger partial charge in [-0.15, -0.1) is 10.2 Å². The molecule has 0 spiro atoms. The highest BCUT2D eigenvalue weighted by atomic mass is 16.2. The van der Waals surface area contributed by atoms with Gasteiger partial charge in [0.05, 0.1) is 11.4 Å². The lowest BCUT2D eigenvalue weighted by Crippen LogP contribution is -2.22. The average Bonchev–Trinajstić information content (AvgIpc) is 3.60. The van der Waals surface area contributed by atoms with E-state index >= 15 is 0 Å². The Labute approximate surface area is 200 Å². The maximum Gasteiger partial charge on any atom is 0.228 e. The first-order valence-electron chi connectivity index (χ1n) is 12.9. The van der Waals surface area contributed by atoms with Crippen LogP contribution in [0, 0.1) is 11.8 Å². The van der Waals surface area contributed by atoms with E-state index in [0.29, 0.717) is 23.5 Å². The molecule has 2 N–H and O–H groups in total. The van der Waals surface area contributed by atoms with Gasteiger partial charge in [-0.1, -0.05) is 32.1 Å². The van der Waals surface area contributed by atoms with Gasteiger partial charge < -0.3 is 10.6 Å². The summed E-state index contributed by atoms with van der Waals surface area (Å²) >= 11 is 0. The van der Waals surface area contributed by atoms with Crippen LogP contribution in [-0.2, 0) is 9.59 Å². The van der Waals surface area contributed by atoms with E-state index in [4.69, 9.17) is 0 Å². The molecular weight excluding hydrogens is 428 g/mol. The fraction of sp³-hybridized carbons (Fsp3) is 0.615. The fourth-order valence-corrected chi connectivity index (χ4v) is 5.81. The van der Waals surface area contributed by atoms with Crippen molar-refractivity contribution in [3.63, 3.8) is 0 Å². The number of hydrogen-bond acceptors (Lipinski definition) is 6. The third kappa shape index (κ3) is 5.42.